The Bertz CT molecular complexity index is 389. The lowest BCUT2D eigenvalue weighted by Crippen LogP contribution is -2.48. The first-order valence-electron chi connectivity index (χ1n) is 6.62. The molecular formula is C14H23N3O. The molecule has 0 aliphatic carbocycles. The zero-order chi connectivity index (χ0) is 13.2. The zero-order valence-electron chi connectivity index (χ0n) is 11.5. The summed E-state index contributed by atoms with van der Waals surface area (Å²) < 4.78 is 5.71. The Kier molecular flexibility index (Phi) is 3.88. The van der Waals surface area contributed by atoms with Gasteiger partial charge in [-0.15, -0.1) is 0 Å². The molecule has 2 N–H and O–H groups in total. The fourth-order valence-corrected chi connectivity index (χ4v) is 2.25. The van der Waals surface area contributed by atoms with Gasteiger partial charge in [-0.2, -0.15) is 0 Å². The van der Waals surface area contributed by atoms with Crippen LogP contribution in [0, 0.1) is 0 Å². The van der Waals surface area contributed by atoms with E-state index in [4.69, 9.17) is 10.5 Å². The average molecular weight is 249 g/mol. The number of pyridine rings is 1. The van der Waals surface area contributed by atoms with E-state index in [2.05, 4.69) is 36.7 Å². The summed E-state index contributed by atoms with van der Waals surface area (Å²) in [7, 11) is 0. The van der Waals surface area contributed by atoms with Crippen molar-refractivity contribution < 1.29 is 4.74 Å². The highest BCUT2D eigenvalue weighted by molar-refractivity contribution is 5.45. The Hall–Kier alpha value is -1.13. The third-order valence-corrected chi connectivity index (χ3v) is 3.38. The molecule has 2 rings (SSSR count). The van der Waals surface area contributed by atoms with Gasteiger partial charge in [0.2, 0.25) is 0 Å². The number of aromatic nitrogens is 1. The predicted octanol–water partition coefficient (Wildman–Crippen LogP) is 2.11. The van der Waals surface area contributed by atoms with E-state index < -0.39 is 0 Å². The van der Waals surface area contributed by atoms with Crippen LogP contribution in [0.15, 0.2) is 18.3 Å². The Labute approximate surface area is 109 Å². The van der Waals surface area contributed by atoms with Crippen molar-refractivity contribution >= 4 is 5.69 Å². The van der Waals surface area contributed by atoms with Gasteiger partial charge in [0.25, 0.3) is 0 Å². The van der Waals surface area contributed by atoms with Crippen molar-refractivity contribution in [1.82, 2.24) is 4.98 Å². The highest BCUT2D eigenvalue weighted by atomic mass is 16.5. The second-order valence-corrected chi connectivity index (χ2v) is 5.49. The maximum absolute atomic E-state index is 5.97. The number of hydrogen-bond acceptors (Lipinski definition) is 4. The first kappa shape index (κ1) is 13.3. The van der Waals surface area contributed by atoms with Crippen LogP contribution in [-0.2, 0) is 4.74 Å². The second kappa shape index (κ2) is 5.24. The summed E-state index contributed by atoms with van der Waals surface area (Å²) in [6.07, 6.45) is 2.84. The topological polar surface area (TPSA) is 51.4 Å². The Balaban J connectivity index is 2.09. The number of morpholine rings is 1. The molecule has 0 saturated carbocycles. The van der Waals surface area contributed by atoms with Crippen LogP contribution in [-0.4, -0.2) is 30.3 Å². The highest BCUT2D eigenvalue weighted by Gasteiger charge is 2.27. The summed E-state index contributed by atoms with van der Waals surface area (Å²) in [5.74, 6) is 0. The van der Waals surface area contributed by atoms with Crippen LogP contribution in [0.2, 0.25) is 0 Å². The molecule has 0 spiro atoms. The van der Waals surface area contributed by atoms with Gasteiger partial charge in [-0.25, -0.2) is 0 Å². The summed E-state index contributed by atoms with van der Waals surface area (Å²) in [5, 5.41) is 0. The molecule has 1 aliphatic heterocycles. The van der Waals surface area contributed by atoms with Crippen LogP contribution in [0.5, 0.6) is 0 Å². The number of ether oxygens (including phenoxy) is 1. The van der Waals surface area contributed by atoms with Crippen molar-refractivity contribution in [2.45, 2.75) is 38.8 Å². The average Bonchev–Trinajstić information content (AvgIpc) is 2.37. The SMILES string of the molecule is CCC(N)c1ccc(N2CCOC(C)(C)C2)cn1. The van der Waals surface area contributed by atoms with Crippen molar-refractivity contribution in [1.29, 1.82) is 0 Å². The van der Waals surface area contributed by atoms with Gasteiger partial charge >= 0.3 is 0 Å². The van der Waals surface area contributed by atoms with Crippen molar-refractivity contribution in [3.63, 3.8) is 0 Å². The Morgan fingerprint density at radius 1 is 1.50 bits per heavy atom. The normalized spacial score (nSPS) is 20.8. The lowest BCUT2D eigenvalue weighted by Gasteiger charge is -2.39. The maximum atomic E-state index is 5.97. The first-order valence-corrected chi connectivity index (χ1v) is 6.62. The van der Waals surface area contributed by atoms with Gasteiger partial charge in [0.15, 0.2) is 0 Å². The molecule has 0 bridgehead atoms. The number of nitrogens with two attached hydrogens (primary N) is 1. The van der Waals surface area contributed by atoms with Crippen molar-refractivity contribution in [3.05, 3.63) is 24.0 Å². The van der Waals surface area contributed by atoms with E-state index in [1.807, 2.05) is 12.3 Å². The molecule has 0 amide bonds. The quantitative estimate of drug-likeness (QED) is 0.891. The van der Waals surface area contributed by atoms with Gasteiger partial charge in [0.05, 0.1) is 29.8 Å². The van der Waals surface area contributed by atoms with Crippen LogP contribution in [0.4, 0.5) is 5.69 Å². The Morgan fingerprint density at radius 3 is 2.83 bits per heavy atom. The van der Waals surface area contributed by atoms with Gasteiger partial charge < -0.3 is 15.4 Å². The molecule has 4 heteroatoms. The number of anilines is 1. The van der Waals surface area contributed by atoms with Gasteiger partial charge in [0, 0.05) is 19.1 Å². The molecule has 0 aromatic carbocycles. The minimum absolute atomic E-state index is 0.0418. The minimum Gasteiger partial charge on any atom is -0.372 e. The van der Waals surface area contributed by atoms with E-state index in [0.29, 0.717) is 0 Å². The summed E-state index contributed by atoms with van der Waals surface area (Å²) in [6.45, 7) is 8.90. The zero-order valence-corrected chi connectivity index (χ0v) is 11.5. The smallest absolute Gasteiger partial charge is 0.0801 e. The lowest BCUT2D eigenvalue weighted by molar-refractivity contribution is -0.0277. The molecule has 100 valence electrons. The molecule has 1 aliphatic rings. The summed E-state index contributed by atoms with van der Waals surface area (Å²) in [6, 6.07) is 4.19. The molecule has 1 saturated heterocycles. The van der Waals surface area contributed by atoms with E-state index >= 15 is 0 Å². The Morgan fingerprint density at radius 2 is 2.28 bits per heavy atom. The van der Waals surface area contributed by atoms with Crippen LogP contribution < -0.4 is 10.6 Å². The van der Waals surface area contributed by atoms with E-state index in [1.54, 1.807) is 0 Å². The lowest BCUT2D eigenvalue weighted by atomic mass is 10.1. The molecular weight excluding hydrogens is 226 g/mol. The van der Waals surface area contributed by atoms with Crippen LogP contribution in [0.3, 0.4) is 0 Å². The van der Waals surface area contributed by atoms with Gasteiger partial charge in [-0.1, -0.05) is 6.92 Å². The van der Waals surface area contributed by atoms with E-state index in [0.717, 1.165) is 37.5 Å². The molecule has 1 atom stereocenters. The molecule has 1 aromatic heterocycles. The molecule has 1 aromatic rings. The third kappa shape index (κ3) is 3.00. The monoisotopic (exact) mass is 249 g/mol. The molecule has 4 nitrogen and oxygen atoms in total. The van der Waals surface area contributed by atoms with Crippen LogP contribution in [0.25, 0.3) is 0 Å². The predicted molar refractivity (Wildman–Crippen MR) is 73.7 cm³/mol. The van der Waals surface area contributed by atoms with Crippen LogP contribution >= 0.6 is 0 Å². The van der Waals surface area contributed by atoms with Crippen molar-refractivity contribution in [2.75, 3.05) is 24.6 Å². The first-order chi connectivity index (χ1) is 8.52. The molecule has 0 radical (unpaired) electrons. The largest absolute Gasteiger partial charge is 0.372 e. The van der Waals surface area contributed by atoms with Crippen molar-refractivity contribution in [2.24, 2.45) is 5.73 Å². The number of rotatable bonds is 3. The summed E-state index contributed by atoms with van der Waals surface area (Å²) in [5.41, 5.74) is 8.00. The van der Waals surface area contributed by atoms with Crippen molar-refractivity contribution in [3.8, 4) is 0 Å². The fourth-order valence-electron chi connectivity index (χ4n) is 2.25. The molecule has 1 fully saturated rings. The molecule has 1 unspecified atom stereocenters. The van der Waals surface area contributed by atoms with E-state index in [1.165, 1.54) is 0 Å². The summed E-state index contributed by atoms with van der Waals surface area (Å²) >= 11 is 0. The standard InChI is InChI=1S/C14H23N3O/c1-4-12(15)13-6-5-11(9-16-13)17-7-8-18-14(2,3)10-17/h5-6,9,12H,4,7-8,10,15H2,1-3H3. The molecule has 18 heavy (non-hydrogen) atoms. The summed E-state index contributed by atoms with van der Waals surface area (Å²) in [4.78, 5) is 6.78. The second-order valence-electron chi connectivity index (χ2n) is 5.49. The fraction of sp³-hybridized carbons (Fsp3) is 0.643. The van der Waals surface area contributed by atoms with E-state index in [-0.39, 0.29) is 11.6 Å². The molecule has 2 heterocycles. The highest BCUT2D eigenvalue weighted by Crippen LogP contribution is 2.23. The maximum Gasteiger partial charge on any atom is 0.0801 e. The number of nitrogens with zero attached hydrogens (tertiary/aromatic N) is 2. The van der Waals surface area contributed by atoms with Gasteiger partial charge in [0.1, 0.15) is 0 Å². The van der Waals surface area contributed by atoms with E-state index in [9.17, 15) is 0 Å². The van der Waals surface area contributed by atoms with Gasteiger partial charge in [-0.3, -0.25) is 4.98 Å². The van der Waals surface area contributed by atoms with Crippen LogP contribution in [0.1, 0.15) is 38.9 Å². The number of hydrogen-bond donors (Lipinski definition) is 1. The van der Waals surface area contributed by atoms with Gasteiger partial charge in [-0.05, 0) is 32.4 Å². The minimum atomic E-state index is -0.0866. The third-order valence-electron chi connectivity index (χ3n) is 3.38.